The summed E-state index contributed by atoms with van der Waals surface area (Å²) < 4.78 is 1.44. The van der Waals surface area contributed by atoms with Crippen LogP contribution in [0.5, 0.6) is 0 Å². The number of rotatable bonds is 10. The monoisotopic (exact) mass is 492 g/mol. The van der Waals surface area contributed by atoms with E-state index in [4.69, 9.17) is 4.84 Å². The van der Waals surface area contributed by atoms with Gasteiger partial charge in [0.1, 0.15) is 12.0 Å². The van der Waals surface area contributed by atoms with E-state index in [1.807, 2.05) is 44.2 Å². The topological polar surface area (TPSA) is 150 Å². The van der Waals surface area contributed by atoms with Crippen LogP contribution in [0.4, 0.5) is 0 Å². The van der Waals surface area contributed by atoms with Gasteiger partial charge in [-0.1, -0.05) is 55.4 Å². The Hall–Kier alpha value is -3.77. The first kappa shape index (κ1) is 25.3. The zero-order valence-electron chi connectivity index (χ0n) is 20.2. The van der Waals surface area contributed by atoms with Crippen LogP contribution in [0.3, 0.4) is 0 Å². The first-order valence-corrected chi connectivity index (χ1v) is 11.8. The molecule has 3 heterocycles. The molecule has 1 unspecified atom stereocenters. The van der Waals surface area contributed by atoms with Crippen molar-refractivity contribution in [2.75, 3.05) is 6.54 Å². The van der Waals surface area contributed by atoms with Crippen molar-refractivity contribution >= 4 is 30.3 Å². The third-order valence-corrected chi connectivity index (χ3v) is 5.97. The van der Waals surface area contributed by atoms with E-state index in [2.05, 4.69) is 25.9 Å². The number of hydrogen-bond acceptors (Lipinski definition) is 8. The number of pyridine rings is 1. The highest BCUT2D eigenvalue weighted by Crippen LogP contribution is 2.29. The van der Waals surface area contributed by atoms with E-state index in [1.54, 1.807) is 18.2 Å². The lowest BCUT2D eigenvalue weighted by Gasteiger charge is -2.29. The fourth-order valence-corrected chi connectivity index (χ4v) is 4.22. The minimum absolute atomic E-state index is 0.0613. The van der Waals surface area contributed by atoms with Crippen LogP contribution in [-0.2, 0) is 16.1 Å². The Bertz CT molecular complexity index is 1250. The van der Waals surface area contributed by atoms with E-state index in [9.17, 15) is 19.6 Å². The first-order chi connectivity index (χ1) is 17.3. The van der Waals surface area contributed by atoms with E-state index in [0.29, 0.717) is 23.5 Å². The lowest BCUT2D eigenvalue weighted by atomic mass is 9.74. The van der Waals surface area contributed by atoms with Crippen molar-refractivity contribution in [1.82, 2.24) is 25.2 Å². The molecular weight excluding hydrogens is 463 g/mol. The van der Waals surface area contributed by atoms with Gasteiger partial charge < -0.3 is 25.5 Å². The summed E-state index contributed by atoms with van der Waals surface area (Å²) in [6, 6.07) is 14.4. The van der Waals surface area contributed by atoms with Gasteiger partial charge in [-0.15, -0.1) is 0 Å². The fourth-order valence-electron chi connectivity index (χ4n) is 4.22. The second kappa shape index (κ2) is 10.9. The third-order valence-electron chi connectivity index (χ3n) is 5.97. The largest absolute Gasteiger partial charge is 0.475 e. The van der Waals surface area contributed by atoms with Gasteiger partial charge in [0.25, 0.3) is 11.8 Å². The summed E-state index contributed by atoms with van der Waals surface area (Å²) in [4.78, 5) is 36.1. The van der Waals surface area contributed by atoms with Gasteiger partial charge in [-0.3, -0.25) is 9.59 Å². The Morgan fingerprint density at radius 1 is 1.17 bits per heavy atom. The number of benzene rings is 1. The van der Waals surface area contributed by atoms with Crippen molar-refractivity contribution in [2.45, 2.75) is 44.7 Å². The molecule has 12 heteroatoms. The van der Waals surface area contributed by atoms with E-state index >= 15 is 0 Å². The lowest BCUT2D eigenvalue weighted by Crippen LogP contribution is -2.56. The van der Waals surface area contributed by atoms with Crippen molar-refractivity contribution in [1.29, 1.82) is 0 Å². The molecule has 2 aromatic heterocycles. The molecule has 2 amide bonds. The molecule has 1 aliphatic heterocycles. The van der Waals surface area contributed by atoms with Gasteiger partial charge in [0.2, 0.25) is 5.60 Å². The number of carbonyl (C=O) groups is 2. The second-order valence-corrected chi connectivity index (χ2v) is 9.33. The Labute approximate surface area is 208 Å². The Morgan fingerprint density at radius 3 is 2.67 bits per heavy atom. The van der Waals surface area contributed by atoms with Gasteiger partial charge in [0, 0.05) is 12.8 Å². The van der Waals surface area contributed by atoms with Gasteiger partial charge in [-0.05, 0) is 30.0 Å². The maximum atomic E-state index is 13.5. The minimum atomic E-state index is -1.72. The van der Waals surface area contributed by atoms with Crippen LogP contribution < -0.4 is 10.6 Å². The van der Waals surface area contributed by atoms with Gasteiger partial charge in [0.15, 0.2) is 5.65 Å². The fraction of sp³-hybridized carbons (Fsp3) is 0.375. The van der Waals surface area contributed by atoms with Crippen LogP contribution in [0, 0.1) is 5.92 Å². The molecule has 4 N–H and O–H groups in total. The Morgan fingerprint density at radius 2 is 1.94 bits per heavy atom. The highest BCUT2D eigenvalue weighted by Gasteiger charge is 2.48. The summed E-state index contributed by atoms with van der Waals surface area (Å²) >= 11 is 0. The number of nitrogens with zero attached hydrogens (tertiary/aromatic N) is 4. The smallest absolute Gasteiger partial charge is 0.426 e. The number of aromatic nitrogens is 3. The Kier molecular flexibility index (Phi) is 7.65. The molecule has 36 heavy (non-hydrogen) atoms. The van der Waals surface area contributed by atoms with Gasteiger partial charge >= 0.3 is 7.12 Å². The summed E-state index contributed by atoms with van der Waals surface area (Å²) in [5.41, 5.74) is 0.800. The molecule has 3 aromatic rings. The average Bonchev–Trinajstić information content (AvgIpc) is 3.50. The second-order valence-electron chi connectivity index (χ2n) is 9.33. The van der Waals surface area contributed by atoms with Crippen LogP contribution in [0.2, 0.25) is 0 Å². The van der Waals surface area contributed by atoms with Gasteiger partial charge in [-0.2, -0.15) is 5.10 Å². The van der Waals surface area contributed by atoms with Crippen LogP contribution in [0.25, 0.3) is 5.65 Å². The third kappa shape index (κ3) is 5.72. The number of fused-ring (bicyclic) bond motifs is 1. The van der Waals surface area contributed by atoms with Crippen LogP contribution in [0.1, 0.15) is 42.7 Å². The minimum Gasteiger partial charge on any atom is -0.426 e. The number of hydrogen-bond donors (Lipinski definition) is 4. The van der Waals surface area contributed by atoms with E-state index in [1.165, 1.54) is 10.8 Å². The average molecular weight is 492 g/mol. The van der Waals surface area contributed by atoms with Crippen molar-refractivity contribution in [3.8, 4) is 0 Å². The summed E-state index contributed by atoms with van der Waals surface area (Å²) in [6.07, 6.45) is 2.09. The molecule has 0 radical (unpaired) electrons. The van der Waals surface area contributed by atoms with Crippen molar-refractivity contribution < 1.29 is 24.5 Å². The highest BCUT2D eigenvalue weighted by atomic mass is 16.7. The summed E-state index contributed by atoms with van der Waals surface area (Å²) in [5.74, 6) is -1.61. The zero-order valence-corrected chi connectivity index (χ0v) is 20.2. The van der Waals surface area contributed by atoms with Crippen LogP contribution in [0.15, 0.2) is 60.0 Å². The molecule has 0 saturated heterocycles. The lowest BCUT2D eigenvalue weighted by molar-refractivity contribution is -0.144. The summed E-state index contributed by atoms with van der Waals surface area (Å²) in [5, 5.41) is 33.3. The molecule has 1 aromatic carbocycles. The van der Waals surface area contributed by atoms with E-state index < -0.39 is 24.6 Å². The summed E-state index contributed by atoms with van der Waals surface area (Å²) in [6.45, 7) is 3.92. The standard InChI is InChI=1S/C24H29BN6O5/c1-16(2)11-20(25(34)35)29-23(33)24(12-17-7-4-3-5-8-17)13-18(30-36-24)14-26-22(32)19-9-6-10-21-27-15-28-31(19)21/h3-10,15-16,20,34-35H,11-14H2,1-2H3,(H,26,32)(H,29,33)/t20-,24?/m0/s1. The number of carbonyl (C=O) groups excluding carboxylic acids is 2. The molecule has 0 bridgehead atoms. The summed E-state index contributed by atoms with van der Waals surface area (Å²) in [7, 11) is -1.72. The predicted octanol–water partition coefficient (Wildman–Crippen LogP) is 0.760. The van der Waals surface area contributed by atoms with Crippen LogP contribution >= 0.6 is 0 Å². The molecule has 0 saturated carbocycles. The number of oxime groups is 1. The molecule has 1 aliphatic rings. The molecule has 4 rings (SSSR count). The van der Waals surface area contributed by atoms with Crippen LogP contribution in [-0.4, -0.2) is 67.4 Å². The molecule has 0 fully saturated rings. The van der Waals surface area contributed by atoms with Crippen molar-refractivity contribution in [3.63, 3.8) is 0 Å². The van der Waals surface area contributed by atoms with E-state index in [-0.39, 0.29) is 31.2 Å². The molecule has 2 atom stereocenters. The maximum Gasteiger partial charge on any atom is 0.475 e. The number of nitrogens with one attached hydrogen (secondary N) is 2. The maximum absolute atomic E-state index is 13.5. The van der Waals surface area contributed by atoms with Gasteiger partial charge in [0.05, 0.1) is 18.2 Å². The molecule has 0 aliphatic carbocycles. The SMILES string of the molecule is CC(C)C[C@H](NC(=O)C1(Cc2ccccc2)CC(CNC(=O)c2cccc3ncnn23)=NO1)B(O)O. The molecular formula is C24H29BN6O5. The quantitative estimate of drug-likeness (QED) is 0.305. The zero-order chi connectivity index (χ0) is 25.7. The molecule has 0 spiro atoms. The molecule has 11 nitrogen and oxygen atoms in total. The highest BCUT2D eigenvalue weighted by molar-refractivity contribution is 6.43. The predicted molar refractivity (Wildman–Crippen MR) is 133 cm³/mol. The van der Waals surface area contributed by atoms with Gasteiger partial charge in [-0.25, -0.2) is 9.50 Å². The number of amides is 2. The first-order valence-electron chi connectivity index (χ1n) is 11.8. The Balaban J connectivity index is 1.48. The normalized spacial score (nSPS) is 18.0. The van der Waals surface area contributed by atoms with E-state index in [0.717, 1.165) is 5.56 Å². The molecule has 188 valence electrons. The van der Waals surface area contributed by atoms with Crippen molar-refractivity contribution in [3.05, 3.63) is 66.1 Å². The van der Waals surface area contributed by atoms with Crippen molar-refractivity contribution in [2.24, 2.45) is 11.1 Å².